The summed E-state index contributed by atoms with van der Waals surface area (Å²) in [6, 6.07) is 4.52. The first-order chi connectivity index (χ1) is 9.69. The average Bonchev–Trinajstić information content (AvgIpc) is 2.90. The maximum Gasteiger partial charge on any atom is 0.224 e. The van der Waals surface area contributed by atoms with Gasteiger partial charge in [-0.3, -0.25) is 4.79 Å². The summed E-state index contributed by atoms with van der Waals surface area (Å²) in [6.45, 7) is 0.194. The van der Waals surface area contributed by atoms with Crippen LogP contribution < -0.4 is 11.1 Å². The number of rotatable bonds is 3. The summed E-state index contributed by atoms with van der Waals surface area (Å²) < 4.78 is 13.7. The van der Waals surface area contributed by atoms with Gasteiger partial charge in [0.2, 0.25) is 5.91 Å². The number of nitrogens with one attached hydrogen (secondary N) is 1. The highest BCUT2D eigenvalue weighted by Crippen LogP contribution is 2.27. The molecule has 1 aromatic rings. The second kappa shape index (κ2) is 7.06. The number of halogens is 1. The highest BCUT2D eigenvalue weighted by atomic mass is 19.1. The van der Waals surface area contributed by atoms with Gasteiger partial charge in [0.05, 0.1) is 12.1 Å². The minimum atomic E-state index is -0.440. The lowest BCUT2D eigenvalue weighted by Crippen LogP contribution is -2.15. The standard InChI is InChI=1S/C16H19FN2O/c17-15-11-14(8-7-13(15)6-3-9-18)19-16(20)10-12-4-1-2-5-12/h7-8,11-12H,1-2,4-5,9-10,18H2,(H,19,20). The summed E-state index contributed by atoms with van der Waals surface area (Å²) in [5, 5.41) is 2.74. The van der Waals surface area contributed by atoms with Crippen LogP contribution in [0.4, 0.5) is 10.1 Å². The summed E-state index contributed by atoms with van der Waals surface area (Å²) in [5.41, 5.74) is 6.02. The Morgan fingerprint density at radius 1 is 1.40 bits per heavy atom. The van der Waals surface area contributed by atoms with Gasteiger partial charge in [-0.15, -0.1) is 0 Å². The number of amides is 1. The molecule has 1 aliphatic rings. The van der Waals surface area contributed by atoms with E-state index in [0.717, 1.165) is 12.8 Å². The van der Waals surface area contributed by atoms with Crippen molar-refractivity contribution in [2.24, 2.45) is 11.7 Å². The molecule has 1 fully saturated rings. The average molecular weight is 274 g/mol. The van der Waals surface area contributed by atoms with Crippen LogP contribution in [0.2, 0.25) is 0 Å². The van der Waals surface area contributed by atoms with Crippen LogP contribution >= 0.6 is 0 Å². The molecular weight excluding hydrogens is 255 g/mol. The topological polar surface area (TPSA) is 55.1 Å². The van der Waals surface area contributed by atoms with Crippen LogP contribution in [0.15, 0.2) is 18.2 Å². The normalized spacial score (nSPS) is 14.7. The summed E-state index contributed by atoms with van der Waals surface area (Å²) in [7, 11) is 0. The van der Waals surface area contributed by atoms with Crippen LogP contribution in [0, 0.1) is 23.6 Å². The van der Waals surface area contributed by atoms with Crippen LogP contribution in [0.5, 0.6) is 0 Å². The Morgan fingerprint density at radius 2 is 2.15 bits per heavy atom. The van der Waals surface area contributed by atoms with Gasteiger partial charge in [-0.05, 0) is 37.0 Å². The minimum Gasteiger partial charge on any atom is -0.326 e. The maximum absolute atomic E-state index is 13.7. The summed E-state index contributed by atoms with van der Waals surface area (Å²) in [5.74, 6) is 5.25. The van der Waals surface area contributed by atoms with Crippen molar-refractivity contribution in [3.05, 3.63) is 29.6 Å². The van der Waals surface area contributed by atoms with Gasteiger partial charge in [0.1, 0.15) is 5.82 Å². The van der Waals surface area contributed by atoms with Crippen LogP contribution in [-0.4, -0.2) is 12.5 Å². The molecule has 1 saturated carbocycles. The number of benzene rings is 1. The van der Waals surface area contributed by atoms with E-state index in [-0.39, 0.29) is 12.5 Å². The molecule has 2 rings (SSSR count). The Bertz CT molecular complexity index is 539. The van der Waals surface area contributed by atoms with Gasteiger partial charge < -0.3 is 11.1 Å². The molecule has 1 aromatic carbocycles. The lowest BCUT2D eigenvalue weighted by atomic mass is 10.0. The van der Waals surface area contributed by atoms with Gasteiger partial charge in [-0.1, -0.05) is 24.7 Å². The van der Waals surface area contributed by atoms with E-state index in [0.29, 0.717) is 23.6 Å². The monoisotopic (exact) mass is 274 g/mol. The number of hydrogen-bond acceptors (Lipinski definition) is 2. The van der Waals surface area contributed by atoms with E-state index in [4.69, 9.17) is 5.73 Å². The number of anilines is 1. The first kappa shape index (κ1) is 14.5. The molecule has 0 radical (unpaired) electrons. The fraction of sp³-hybridized carbons (Fsp3) is 0.438. The third kappa shape index (κ3) is 4.07. The molecule has 0 atom stereocenters. The van der Waals surface area contributed by atoms with Crippen LogP contribution in [0.1, 0.15) is 37.7 Å². The summed E-state index contributed by atoms with van der Waals surface area (Å²) >= 11 is 0. The zero-order chi connectivity index (χ0) is 14.4. The Labute approximate surface area is 118 Å². The van der Waals surface area contributed by atoms with Crippen molar-refractivity contribution in [2.45, 2.75) is 32.1 Å². The zero-order valence-corrected chi connectivity index (χ0v) is 11.4. The highest BCUT2D eigenvalue weighted by molar-refractivity contribution is 5.90. The van der Waals surface area contributed by atoms with Gasteiger partial charge in [-0.25, -0.2) is 4.39 Å². The Balaban J connectivity index is 1.95. The van der Waals surface area contributed by atoms with Crippen molar-refractivity contribution in [2.75, 3.05) is 11.9 Å². The minimum absolute atomic E-state index is 0.0444. The third-order valence-electron chi connectivity index (χ3n) is 3.53. The Morgan fingerprint density at radius 3 is 2.80 bits per heavy atom. The molecule has 3 N–H and O–H groups in total. The van der Waals surface area contributed by atoms with Gasteiger partial charge in [-0.2, -0.15) is 0 Å². The van der Waals surface area contributed by atoms with Crippen molar-refractivity contribution < 1.29 is 9.18 Å². The lowest BCUT2D eigenvalue weighted by molar-refractivity contribution is -0.117. The fourth-order valence-corrected chi connectivity index (χ4v) is 2.53. The van der Waals surface area contributed by atoms with E-state index >= 15 is 0 Å². The van der Waals surface area contributed by atoms with Crippen molar-refractivity contribution in [3.63, 3.8) is 0 Å². The molecule has 106 valence electrons. The second-order valence-electron chi connectivity index (χ2n) is 5.10. The molecule has 0 saturated heterocycles. The largest absolute Gasteiger partial charge is 0.326 e. The van der Waals surface area contributed by atoms with E-state index in [9.17, 15) is 9.18 Å². The molecule has 0 unspecified atom stereocenters. The lowest BCUT2D eigenvalue weighted by Gasteiger charge is -2.10. The number of nitrogens with two attached hydrogens (primary N) is 1. The van der Waals surface area contributed by atoms with E-state index in [1.807, 2.05) is 0 Å². The summed E-state index contributed by atoms with van der Waals surface area (Å²) in [4.78, 5) is 11.9. The molecule has 4 heteroatoms. The van der Waals surface area contributed by atoms with Crippen molar-refractivity contribution in [1.29, 1.82) is 0 Å². The molecule has 20 heavy (non-hydrogen) atoms. The Kier molecular flexibility index (Phi) is 5.14. The molecule has 1 aliphatic carbocycles. The SMILES string of the molecule is NCC#Cc1ccc(NC(=O)CC2CCCC2)cc1F. The van der Waals surface area contributed by atoms with Crippen molar-refractivity contribution in [1.82, 2.24) is 0 Å². The van der Waals surface area contributed by atoms with E-state index in [1.54, 1.807) is 12.1 Å². The molecule has 0 aliphatic heterocycles. The quantitative estimate of drug-likeness (QED) is 0.833. The van der Waals surface area contributed by atoms with Gasteiger partial charge in [0.15, 0.2) is 0 Å². The van der Waals surface area contributed by atoms with E-state index in [2.05, 4.69) is 17.2 Å². The predicted molar refractivity (Wildman–Crippen MR) is 77.5 cm³/mol. The van der Waals surface area contributed by atoms with Crippen molar-refractivity contribution >= 4 is 11.6 Å². The van der Waals surface area contributed by atoms with Crippen LogP contribution in [0.3, 0.4) is 0 Å². The molecule has 0 heterocycles. The predicted octanol–water partition coefficient (Wildman–Crippen LogP) is 2.65. The molecular formula is C16H19FN2O. The fourth-order valence-electron chi connectivity index (χ4n) is 2.53. The van der Waals surface area contributed by atoms with E-state index < -0.39 is 5.82 Å². The number of carbonyl (C=O) groups is 1. The number of carbonyl (C=O) groups excluding carboxylic acids is 1. The first-order valence-corrected chi connectivity index (χ1v) is 6.97. The zero-order valence-electron chi connectivity index (χ0n) is 11.4. The molecule has 0 spiro atoms. The van der Waals surface area contributed by atoms with E-state index in [1.165, 1.54) is 18.9 Å². The van der Waals surface area contributed by atoms with Crippen LogP contribution in [0.25, 0.3) is 0 Å². The number of hydrogen-bond donors (Lipinski definition) is 2. The molecule has 1 amide bonds. The van der Waals surface area contributed by atoms with Crippen molar-refractivity contribution in [3.8, 4) is 11.8 Å². The Hall–Kier alpha value is -1.86. The second-order valence-corrected chi connectivity index (χ2v) is 5.10. The highest BCUT2D eigenvalue weighted by Gasteiger charge is 2.18. The molecule has 0 bridgehead atoms. The van der Waals surface area contributed by atoms with Gasteiger partial charge in [0, 0.05) is 12.1 Å². The van der Waals surface area contributed by atoms with Gasteiger partial charge in [0.25, 0.3) is 0 Å². The maximum atomic E-state index is 13.7. The third-order valence-corrected chi connectivity index (χ3v) is 3.53. The molecule has 3 nitrogen and oxygen atoms in total. The molecule has 0 aromatic heterocycles. The first-order valence-electron chi connectivity index (χ1n) is 6.97. The smallest absolute Gasteiger partial charge is 0.224 e. The summed E-state index contributed by atoms with van der Waals surface area (Å²) in [6.07, 6.45) is 5.18. The van der Waals surface area contributed by atoms with Gasteiger partial charge >= 0.3 is 0 Å². The van der Waals surface area contributed by atoms with Crippen LogP contribution in [-0.2, 0) is 4.79 Å².